The number of aromatic amines is 1. The molecule has 0 aliphatic carbocycles. The first-order valence-corrected chi connectivity index (χ1v) is 5.86. The van der Waals surface area contributed by atoms with Gasteiger partial charge in [0.25, 0.3) is 5.91 Å². The van der Waals surface area contributed by atoms with Gasteiger partial charge in [-0.05, 0) is 24.4 Å². The highest BCUT2D eigenvalue weighted by Gasteiger charge is 2.38. The zero-order valence-corrected chi connectivity index (χ0v) is 10.1. The molecule has 3 rings (SSSR count). The van der Waals surface area contributed by atoms with Crippen LogP contribution in [0.15, 0.2) is 42.9 Å². The third kappa shape index (κ3) is 1.67. The molecule has 1 unspecified atom stereocenters. The minimum atomic E-state index is -0.486. The molecule has 1 atom stereocenters. The molecule has 0 bridgehead atoms. The Kier molecular flexibility index (Phi) is 2.56. The van der Waals surface area contributed by atoms with Gasteiger partial charge in [0.2, 0.25) is 0 Å². The number of carbonyl (C=O) groups excluding carboxylic acids is 1. The van der Waals surface area contributed by atoms with Crippen LogP contribution in [-0.2, 0) is 4.79 Å². The van der Waals surface area contributed by atoms with E-state index in [1.54, 1.807) is 12.5 Å². The standard InChI is InChI=1S/C12H10N4OS/c17-11-10(9-6-13-7-14-9)15-12(18)16(11)8-4-2-1-3-5-8/h1-7,10H,(H,13,14)(H,15,18). The van der Waals surface area contributed by atoms with E-state index in [0.717, 1.165) is 5.69 Å². The van der Waals surface area contributed by atoms with Crippen molar-refractivity contribution in [2.75, 3.05) is 4.90 Å². The van der Waals surface area contributed by atoms with Crippen LogP contribution in [-0.4, -0.2) is 21.0 Å². The summed E-state index contributed by atoms with van der Waals surface area (Å²) >= 11 is 5.21. The summed E-state index contributed by atoms with van der Waals surface area (Å²) in [5.41, 5.74) is 1.47. The van der Waals surface area contributed by atoms with Gasteiger partial charge in [0, 0.05) is 0 Å². The molecule has 1 aliphatic heterocycles. The van der Waals surface area contributed by atoms with Crippen molar-refractivity contribution in [3.05, 3.63) is 48.5 Å². The van der Waals surface area contributed by atoms with Gasteiger partial charge in [0.05, 0.1) is 23.9 Å². The van der Waals surface area contributed by atoms with Crippen LogP contribution in [0, 0.1) is 0 Å². The van der Waals surface area contributed by atoms with Crippen molar-refractivity contribution in [2.45, 2.75) is 6.04 Å². The monoisotopic (exact) mass is 258 g/mol. The Labute approximate surface area is 109 Å². The van der Waals surface area contributed by atoms with Gasteiger partial charge < -0.3 is 10.3 Å². The Morgan fingerprint density at radius 2 is 2.06 bits per heavy atom. The lowest BCUT2D eigenvalue weighted by Gasteiger charge is -2.14. The topological polar surface area (TPSA) is 61.0 Å². The SMILES string of the molecule is O=C1C(c2cnc[nH]2)NC(=S)N1c1ccccc1. The van der Waals surface area contributed by atoms with E-state index in [-0.39, 0.29) is 5.91 Å². The van der Waals surface area contributed by atoms with Crippen molar-refractivity contribution < 1.29 is 4.79 Å². The van der Waals surface area contributed by atoms with Crippen molar-refractivity contribution in [1.82, 2.24) is 15.3 Å². The van der Waals surface area contributed by atoms with Crippen LogP contribution in [0.2, 0.25) is 0 Å². The molecule has 90 valence electrons. The van der Waals surface area contributed by atoms with E-state index < -0.39 is 6.04 Å². The zero-order valence-electron chi connectivity index (χ0n) is 9.33. The van der Waals surface area contributed by atoms with Crippen LogP contribution in [0.3, 0.4) is 0 Å². The maximum atomic E-state index is 12.3. The molecule has 1 aromatic carbocycles. The number of carbonyl (C=O) groups is 1. The lowest BCUT2D eigenvalue weighted by Crippen LogP contribution is -2.30. The van der Waals surface area contributed by atoms with E-state index in [1.807, 2.05) is 30.3 Å². The van der Waals surface area contributed by atoms with E-state index >= 15 is 0 Å². The molecule has 0 spiro atoms. The average Bonchev–Trinajstić information content (AvgIpc) is 2.99. The molecule has 2 aromatic rings. The van der Waals surface area contributed by atoms with E-state index in [0.29, 0.717) is 10.8 Å². The van der Waals surface area contributed by atoms with Crippen molar-refractivity contribution in [1.29, 1.82) is 0 Å². The van der Waals surface area contributed by atoms with Gasteiger partial charge >= 0.3 is 0 Å². The largest absolute Gasteiger partial charge is 0.346 e. The van der Waals surface area contributed by atoms with Gasteiger partial charge in [-0.15, -0.1) is 0 Å². The van der Waals surface area contributed by atoms with E-state index in [9.17, 15) is 4.79 Å². The molecule has 0 saturated carbocycles. The van der Waals surface area contributed by atoms with Crippen LogP contribution in [0.25, 0.3) is 0 Å². The van der Waals surface area contributed by atoms with Crippen LogP contribution in [0.4, 0.5) is 5.69 Å². The fourth-order valence-electron chi connectivity index (χ4n) is 1.94. The van der Waals surface area contributed by atoms with Gasteiger partial charge in [-0.25, -0.2) is 4.98 Å². The third-order valence-electron chi connectivity index (χ3n) is 2.78. The number of anilines is 1. The number of nitrogens with one attached hydrogen (secondary N) is 2. The molecule has 1 fully saturated rings. The maximum absolute atomic E-state index is 12.3. The third-order valence-corrected chi connectivity index (χ3v) is 3.08. The predicted molar refractivity (Wildman–Crippen MR) is 71.0 cm³/mol. The van der Waals surface area contributed by atoms with Gasteiger partial charge in [-0.2, -0.15) is 0 Å². The fourth-order valence-corrected chi connectivity index (χ4v) is 2.25. The van der Waals surface area contributed by atoms with Gasteiger partial charge in [-0.3, -0.25) is 9.69 Å². The highest BCUT2D eigenvalue weighted by atomic mass is 32.1. The summed E-state index contributed by atoms with van der Waals surface area (Å²) < 4.78 is 0. The summed E-state index contributed by atoms with van der Waals surface area (Å²) in [6.45, 7) is 0. The molecule has 18 heavy (non-hydrogen) atoms. The quantitative estimate of drug-likeness (QED) is 0.799. The number of hydrogen-bond acceptors (Lipinski definition) is 3. The maximum Gasteiger partial charge on any atom is 0.262 e. The molecule has 5 nitrogen and oxygen atoms in total. The molecular formula is C12H10N4OS. The van der Waals surface area contributed by atoms with Crippen LogP contribution in [0.1, 0.15) is 11.7 Å². The molecule has 1 amide bonds. The number of H-pyrrole nitrogens is 1. The van der Waals surface area contributed by atoms with Crippen molar-refractivity contribution in [3.8, 4) is 0 Å². The number of nitrogens with zero attached hydrogens (tertiary/aromatic N) is 2. The molecule has 0 radical (unpaired) electrons. The highest BCUT2D eigenvalue weighted by molar-refractivity contribution is 7.80. The molecule has 1 aliphatic rings. The van der Waals surface area contributed by atoms with Gasteiger partial charge in [0.1, 0.15) is 0 Å². The van der Waals surface area contributed by atoms with Crippen molar-refractivity contribution in [3.63, 3.8) is 0 Å². The number of imidazole rings is 1. The molecule has 1 aromatic heterocycles. The summed E-state index contributed by atoms with van der Waals surface area (Å²) in [6.07, 6.45) is 3.16. The summed E-state index contributed by atoms with van der Waals surface area (Å²) in [7, 11) is 0. The Balaban J connectivity index is 1.95. The summed E-state index contributed by atoms with van der Waals surface area (Å²) in [5, 5.41) is 3.40. The highest BCUT2D eigenvalue weighted by Crippen LogP contribution is 2.25. The van der Waals surface area contributed by atoms with Crippen LogP contribution < -0.4 is 10.2 Å². The van der Waals surface area contributed by atoms with Gasteiger partial charge in [-0.1, -0.05) is 18.2 Å². The number of rotatable bonds is 2. The van der Waals surface area contributed by atoms with E-state index in [4.69, 9.17) is 12.2 Å². The zero-order chi connectivity index (χ0) is 12.5. The molecule has 2 N–H and O–H groups in total. The average molecular weight is 258 g/mol. The Bertz CT molecular complexity index is 581. The fraction of sp³-hybridized carbons (Fsp3) is 0.0833. The Hall–Kier alpha value is -2.21. The first kappa shape index (κ1) is 10.9. The van der Waals surface area contributed by atoms with Crippen LogP contribution >= 0.6 is 12.2 Å². The molecule has 2 heterocycles. The smallest absolute Gasteiger partial charge is 0.262 e. The first-order chi connectivity index (χ1) is 8.77. The van der Waals surface area contributed by atoms with Crippen LogP contribution in [0.5, 0.6) is 0 Å². The summed E-state index contributed by atoms with van der Waals surface area (Å²) in [5.74, 6) is -0.101. The van der Waals surface area contributed by atoms with E-state index in [2.05, 4.69) is 15.3 Å². The minimum absolute atomic E-state index is 0.101. The Morgan fingerprint density at radius 1 is 1.28 bits per heavy atom. The second kappa shape index (κ2) is 4.23. The summed E-state index contributed by atoms with van der Waals surface area (Å²) in [6, 6.07) is 8.85. The molecular weight excluding hydrogens is 248 g/mol. The number of aromatic nitrogens is 2. The second-order valence-electron chi connectivity index (χ2n) is 3.90. The number of para-hydroxylation sites is 1. The minimum Gasteiger partial charge on any atom is -0.346 e. The Morgan fingerprint density at radius 3 is 2.72 bits per heavy atom. The number of hydrogen-bond donors (Lipinski definition) is 2. The number of thiocarbonyl (C=S) groups is 1. The molecule has 1 saturated heterocycles. The lowest BCUT2D eigenvalue weighted by molar-refractivity contribution is -0.118. The predicted octanol–water partition coefficient (Wildman–Crippen LogP) is 1.37. The van der Waals surface area contributed by atoms with Crippen molar-refractivity contribution in [2.24, 2.45) is 0 Å². The number of benzene rings is 1. The number of amides is 1. The lowest BCUT2D eigenvalue weighted by atomic mass is 10.2. The van der Waals surface area contributed by atoms with Gasteiger partial charge in [0.15, 0.2) is 11.2 Å². The molecule has 6 heteroatoms. The normalized spacial score (nSPS) is 19.1. The summed E-state index contributed by atoms with van der Waals surface area (Å²) in [4.78, 5) is 20.7. The first-order valence-electron chi connectivity index (χ1n) is 5.45. The van der Waals surface area contributed by atoms with Crippen molar-refractivity contribution >= 4 is 28.9 Å². The second-order valence-corrected chi connectivity index (χ2v) is 4.29. The van der Waals surface area contributed by atoms with E-state index in [1.165, 1.54) is 4.90 Å².